The first-order valence-electron chi connectivity index (χ1n) is 7.50. The Kier molecular flexibility index (Phi) is 4.71. The van der Waals surface area contributed by atoms with Crippen LogP contribution in [0.1, 0.15) is 11.3 Å². The van der Waals surface area contributed by atoms with Gasteiger partial charge >= 0.3 is 6.36 Å². The van der Waals surface area contributed by atoms with E-state index in [1.807, 2.05) is 0 Å². The van der Waals surface area contributed by atoms with Crippen molar-refractivity contribution < 1.29 is 27.1 Å². The standard InChI is InChI=1S/C19H13F3O4/c1-24-14-8-9-16-17(23)10-15(25-18(16)11-14)7-4-12-2-5-13(6-3-12)26-19(20,21)22/h2-11H,1H3. The van der Waals surface area contributed by atoms with Gasteiger partial charge in [0.05, 0.1) is 12.5 Å². The second-order valence-corrected chi connectivity index (χ2v) is 5.33. The highest BCUT2D eigenvalue weighted by atomic mass is 19.4. The number of rotatable bonds is 4. The van der Waals surface area contributed by atoms with E-state index < -0.39 is 6.36 Å². The smallest absolute Gasteiger partial charge is 0.497 e. The molecule has 0 fully saturated rings. The van der Waals surface area contributed by atoms with E-state index >= 15 is 0 Å². The Morgan fingerprint density at radius 2 is 1.65 bits per heavy atom. The fraction of sp³-hybridized carbons (Fsp3) is 0.105. The van der Waals surface area contributed by atoms with Crippen LogP contribution in [0, 0.1) is 0 Å². The minimum Gasteiger partial charge on any atom is -0.497 e. The first kappa shape index (κ1) is 17.6. The van der Waals surface area contributed by atoms with E-state index in [4.69, 9.17) is 9.15 Å². The first-order chi connectivity index (χ1) is 12.3. The molecule has 7 heteroatoms. The zero-order chi connectivity index (χ0) is 18.7. The molecule has 0 amide bonds. The third-order valence-electron chi connectivity index (χ3n) is 3.51. The second-order valence-electron chi connectivity index (χ2n) is 5.33. The average Bonchev–Trinajstić information content (AvgIpc) is 2.59. The minimum atomic E-state index is -4.73. The Balaban J connectivity index is 1.85. The highest BCUT2D eigenvalue weighted by molar-refractivity contribution is 5.79. The molecule has 4 nitrogen and oxygen atoms in total. The van der Waals surface area contributed by atoms with Crippen molar-refractivity contribution >= 4 is 23.1 Å². The summed E-state index contributed by atoms with van der Waals surface area (Å²) in [5.74, 6) is 0.562. The Morgan fingerprint density at radius 1 is 0.962 bits per heavy atom. The van der Waals surface area contributed by atoms with Crippen molar-refractivity contribution in [2.75, 3.05) is 7.11 Å². The number of hydrogen-bond donors (Lipinski definition) is 0. The Labute approximate surface area is 146 Å². The number of benzene rings is 2. The molecular formula is C19H13F3O4. The third kappa shape index (κ3) is 4.24. The van der Waals surface area contributed by atoms with Gasteiger partial charge in [0.2, 0.25) is 0 Å². The van der Waals surface area contributed by atoms with Crippen molar-refractivity contribution in [3.8, 4) is 11.5 Å². The lowest BCUT2D eigenvalue weighted by atomic mass is 10.1. The summed E-state index contributed by atoms with van der Waals surface area (Å²) in [5, 5.41) is 0.427. The first-order valence-corrected chi connectivity index (χ1v) is 7.50. The van der Waals surface area contributed by atoms with Crippen LogP contribution in [0.4, 0.5) is 13.2 Å². The average molecular weight is 362 g/mol. The van der Waals surface area contributed by atoms with Crippen LogP contribution in [0.3, 0.4) is 0 Å². The summed E-state index contributed by atoms with van der Waals surface area (Å²) in [6, 6.07) is 11.6. The van der Waals surface area contributed by atoms with Gasteiger partial charge in [-0.15, -0.1) is 13.2 Å². The normalized spacial score (nSPS) is 11.8. The molecule has 0 aliphatic carbocycles. The van der Waals surface area contributed by atoms with E-state index in [2.05, 4.69) is 4.74 Å². The van der Waals surface area contributed by atoms with Gasteiger partial charge in [-0.1, -0.05) is 18.2 Å². The van der Waals surface area contributed by atoms with Crippen molar-refractivity contribution in [2.24, 2.45) is 0 Å². The molecule has 0 atom stereocenters. The summed E-state index contributed by atoms with van der Waals surface area (Å²) in [6.07, 6.45) is -1.56. The summed E-state index contributed by atoms with van der Waals surface area (Å²) in [5.41, 5.74) is 0.792. The van der Waals surface area contributed by atoms with Crippen LogP contribution in [-0.4, -0.2) is 13.5 Å². The van der Waals surface area contributed by atoms with Gasteiger partial charge in [0, 0.05) is 12.1 Å². The molecule has 3 rings (SSSR count). The molecular weight excluding hydrogens is 349 g/mol. The predicted octanol–water partition coefficient (Wildman–Crippen LogP) is 4.87. The number of hydrogen-bond acceptors (Lipinski definition) is 4. The predicted molar refractivity (Wildman–Crippen MR) is 91.1 cm³/mol. The van der Waals surface area contributed by atoms with E-state index in [0.29, 0.717) is 28.0 Å². The molecule has 26 heavy (non-hydrogen) atoms. The zero-order valence-corrected chi connectivity index (χ0v) is 13.5. The SMILES string of the molecule is COc1ccc2c(=O)cc(C=Cc3ccc(OC(F)(F)F)cc3)oc2c1. The molecule has 0 aliphatic heterocycles. The summed E-state index contributed by atoms with van der Waals surface area (Å²) in [7, 11) is 1.51. The third-order valence-corrected chi connectivity index (χ3v) is 3.51. The van der Waals surface area contributed by atoms with Crippen LogP contribution in [0.2, 0.25) is 0 Å². The van der Waals surface area contributed by atoms with Gasteiger partial charge in [0.1, 0.15) is 22.8 Å². The maximum atomic E-state index is 12.1. The largest absolute Gasteiger partial charge is 0.573 e. The highest BCUT2D eigenvalue weighted by Crippen LogP contribution is 2.24. The van der Waals surface area contributed by atoms with Gasteiger partial charge < -0.3 is 13.9 Å². The molecule has 3 aromatic rings. The molecule has 0 aliphatic rings. The van der Waals surface area contributed by atoms with Gasteiger partial charge in [0.15, 0.2) is 5.43 Å². The van der Waals surface area contributed by atoms with E-state index in [0.717, 1.165) is 0 Å². The molecule has 0 saturated heterocycles. The molecule has 0 saturated carbocycles. The molecule has 0 radical (unpaired) electrons. The molecule has 0 bridgehead atoms. The van der Waals surface area contributed by atoms with Crippen molar-refractivity contribution in [3.05, 3.63) is 70.1 Å². The van der Waals surface area contributed by atoms with Crippen LogP contribution in [0.25, 0.3) is 23.1 Å². The van der Waals surface area contributed by atoms with Crippen LogP contribution >= 0.6 is 0 Å². The van der Waals surface area contributed by atoms with Crippen molar-refractivity contribution in [2.45, 2.75) is 6.36 Å². The van der Waals surface area contributed by atoms with Gasteiger partial charge in [-0.05, 0) is 35.9 Å². The van der Waals surface area contributed by atoms with Crippen LogP contribution in [-0.2, 0) is 0 Å². The monoisotopic (exact) mass is 362 g/mol. The molecule has 134 valence electrons. The number of ether oxygens (including phenoxy) is 2. The van der Waals surface area contributed by atoms with Crippen LogP contribution < -0.4 is 14.9 Å². The van der Waals surface area contributed by atoms with Crippen LogP contribution in [0.15, 0.2) is 57.7 Å². The van der Waals surface area contributed by atoms with E-state index in [-0.39, 0.29) is 11.2 Å². The Hall–Kier alpha value is -3.22. The number of halogens is 3. The second kappa shape index (κ2) is 6.95. The molecule has 1 aromatic heterocycles. The lowest BCUT2D eigenvalue weighted by Gasteiger charge is -2.08. The molecule has 0 N–H and O–H groups in total. The Bertz CT molecular complexity index is 1000. The summed E-state index contributed by atoms with van der Waals surface area (Å²) >= 11 is 0. The van der Waals surface area contributed by atoms with Crippen molar-refractivity contribution in [1.29, 1.82) is 0 Å². The van der Waals surface area contributed by atoms with Gasteiger partial charge in [-0.2, -0.15) is 0 Å². The Morgan fingerprint density at radius 3 is 2.31 bits per heavy atom. The van der Waals surface area contributed by atoms with E-state index in [9.17, 15) is 18.0 Å². The van der Waals surface area contributed by atoms with Crippen LogP contribution in [0.5, 0.6) is 11.5 Å². The fourth-order valence-corrected chi connectivity index (χ4v) is 2.32. The van der Waals surface area contributed by atoms with E-state index in [1.165, 1.54) is 37.4 Å². The molecule has 0 spiro atoms. The maximum Gasteiger partial charge on any atom is 0.573 e. The van der Waals surface area contributed by atoms with Crippen molar-refractivity contribution in [3.63, 3.8) is 0 Å². The molecule has 0 unspecified atom stereocenters. The van der Waals surface area contributed by atoms with Gasteiger partial charge in [-0.25, -0.2) is 0 Å². The highest BCUT2D eigenvalue weighted by Gasteiger charge is 2.30. The summed E-state index contributed by atoms with van der Waals surface area (Å²) in [4.78, 5) is 12.1. The molecule has 2 aromatic carbocycles. The van der Waals surface area contributed by atoms with Crippen molar-refractivity contribution in [1.82, 2.24) is 0 Å². The minimum absolute atomic E-state index is 0.206. The van der Waals surface area contributed by atoms with Gasteiger partial charge in [0.25, 0.3) is 0 Å². The maximum absolute atomic E-state index is 12.1. The number of alkyl halides is 3. The summed E-state index contributed by atoms with van der Waals surface area (Å²) in [6.45, 7) is 0. The zero-order valence-electron chi connectivity index (χ0n) is 13.5. The quantitative estimate of drug-likeness (QED) is 0.664. The number of fused-ring (bicyclic) bond motifs is 1. The lowest BCUT2D eigenvalue weighted by Crippen LogP contribution is -2.16. The molecule has 1 heterocycles. The van der Waals surface area contributed by atoms with Gasteiger partial charge in [-0.3, -0.25) is 4.79 Å². The lowest BCUT2D eigenvalue weighted by molar-refractivity contribution is -0.274. The van der Waals surface area contributed by atoms with E-state index in [1.54, 1.807) is 30.4 Å². The number of methoxy groups -OCH3 is 1. The fourth-order valence-electron chi connectivity index (χ4n) is 2.32. The summed E-state index contributed by atoms with van der Waals surface area (Å²) < 4.78 is 51.0. The topological polar surface area (TPSA) is 48.7 Å².